The molecule has 0 saturated carbocycles. The number of methoxy groups -OCH3 is 1. The third kappa shape index (κ3) is 8.08. The average Bonchev–Trinajstić information content (AvgIpc) is 2.93. The molecule has 0 bridgehead atoms. The Hall–Kier alpha value is -4.32. The predicted octanol–water partition coefficient (Wildman–Crippen LogP) is 5.09. The number of nitrogens with one attached hydrogen (secondary N) is 1. The molecule has 3 rings (SSSR count). The van der Waals surface area contributed by atoms with E-state index in [0.717, 1.165) is 25.1 Å². The Bertz CT molecular complexity index is 1350. The molecular formula is C30H32ClN5O3. The number of hydrogen-bond acceptors (Lipinski definition) is 6. The van der Waals surface area contributed by atoms with Crippen molar-refractivity contribution in [1.82, 2.24) is 9.91 Å². The first-order chi connectivity index (χ1) is 18.7. The van der Waals surface area contributed by atoms with E-state index in [1.165, 1.54) is 18.1 Å². The highest BCUT2D eigenvalue weighted by Gasteiger charge is 2.24. The maximum absolute atomic E-state index is 13.3. The summed E-state index contributed by atoms with van der Waals surface area (Å²) in [6.07, 6.45) is 8.81. The number of benzene rings is 3. The van der Waals surface area contributed by atoms with Crippen LogP contribution in [-0.4, -0.2) is 69.8 Å². The molecule has 1 N–H and O–H groups in total. The van der Waals surface area contributed by atoms with Gasteiger partial charge in [0.1, 0.15) is 11.4 Å². The molecule has 0 aromatic heterocycles. The fraction of sp³-hybridized carbons (Fsp3) is 0.233. The van der Waals surface area contributed by atoms with E-state index in [4.69, 9.17) is 22.8 Å². The second-order valence-electron chi connectivity index (χ2n) is 9.03. The minimum atomic E-state index is -0.466. The number of ether oxygens (including phenoxy) is 1. The van der Waals surface area contributed by atoms with Crippen LogP contribution in [0.1, 0.15) is 27.9 Å². The zero-order valence-electron chi connectivity index (χ0n) is 22.5. The van der Waals surface area contributed by atoms with Crippen molar-refractivity contribution in [3.05, 3.63) is 82.4 Å². The van der Waals surface area contributed by atoms with Crippen molar-refractivity contribution in [3.63, 3.8) is 0 Å². The van der Waals surface area contributed by atoms with Gasteiger partial charge in [0.15, 0.2) is 0 Å². The van der Waals surface area contributed by atoms with E-state index in [0.29, 0.717) is 23.3 Å². The van der Waals surface area contributed by atoms with E-state index in [1.54, 1.807) is 48.7 Å². The second-order valence-corrected chi connectivity index (χ2v) is 9.47. The fourth-order valence-electron chi connectivity index (χ4n) is 3.80. The van der Waals surface area contributed by atoms with Crippen molar-refractivity contribution in [1.29, 1.82) is 0 Å². The summed E-state index contributed by atoms with van der Waals surface area (Å²) >= 11 is 6.30. The first-order valence-electron chi connectivity index (χ1n) is 12.3. The third-order valence-corrected chi connectivity index (χ3v) is 6.04. The summed E-state index contributed by atoms with van der Waals surface area (Å²) in [5.74, 6) is 2.34. The molecule has 3 aromatic rings. The van der Waals surface area contributed by atoms with E-state index in [9.17, 15) is 9.59 Å². The van der Waals surface area contributed by atoms with Crippen LogP contribution in [0.4, 0.5) is 17.1 Å². The Balaban J connectivity index is 1.87. The van der Waals surface area contributed by atoms with Gasteiger partial charge in [-0.1, -0.05) is 29.7 Å². The summed E-state index contributed by atoms with van der Waals surface area (Å²) in [7, 11) is 7.47. The van der Waals surface area contributed by atoms with Crippen LogP contribution in [0.5, 0.6) is 5.75 Å². The van der Waals surface area contributed by atoms with Crippen LogP contribution in [0.3, 0.4) is 0 Å². The van der Waals surface area contributed by atoms with Crippen LogP contribution >= 0.6 is 11.6 Å². The van der Waals surface area contributed by atoms with E-state index in [1.807, 2.05) is 38.3 Å². The monoisotopic (exact) mass is 545 g/mol. The van der Waals surface area contributed by atoms with Gasteiger partial charge in [0.2, 0.25) is 6.41 Å². The Morgan fingerprint density at radius 3 is 2.36 bits per heavy atom. The molecule has 39 heavy (non-hydrogen) atoms. The van der Waals surface area contributed by atoms with Crippen molar-refractivity contribution in [2.75, 3.05) is 51.6 Å². The van der Waals surface area contributed by atoms with Gasteiger partial charge in [-0.15, -0.1) is 6.42 Å². The standard InChI is InChI=1S/C30H32ClN5O3/c1-6-22-8-12-25(13-9-22)33-30(38)27-18-24(31)19-28(39-5)29(27)36(21-37)26-14-10-23(11-15-26)20-32-35(4)17-7-16-34(2)3/h1,8-15,18-21H,7,16-17H2,2-5H3,(H,33,38). The second kappa shape index (κ2) is 14.0. The lowest BCUT2D eigenvalue weighted by Crippen LogP contribution is -2.21. The average molecular weight is 546 g/mol. The summed E-state index contributed by atoms with van der Waals surface area (Å²) < 4.78 is 5.52. The van der Waals surface area contributed by atoms with E-state index >= 15 is 0 Å². The van der Waals surface area contributed by atoms with Crippen molar-refractivity contribution < 1.29 is 14.3 Å². The van der Waals surface area contributed by atoms with E-state index in [-0.39, 0.29) is 22.0 Å². The van der Waals surface area contributed by atoms with Gasteiger partial charge in [-0.25, -0.2) is 0 Å². The highest BCUT2D eigenvalue weighted by molar-refractivity contribution is 6.31. The Morgan fingerprint density at radius 1 is 1.08 bits per heavy atom. The maximum atomic E-state index is 13.3. The Kier molecular flexibility index (Phi) is 10.5. The molecule has 0 atom stereocenters. The number of hydrogen-bond donors (Lipinski definition) is 1. The van der Waals surface area contributed by atoms with Crippen LogP contribution in [0.2, 0.25) is 5.02 Å². The zero-order chi connectivity index (χ0) is 28.4. The van der Waals surface area contributed by atoms with Gasteiger partial charge in [-0.2, -0.15) is 5.10 Å². The summed E-state index contributed by atoms with van der Waals surface area (Å²) in [6.45, 7) is 1.82. The summed E-state index contributed by atoms with van der Waals surface area (Å²) in [4.78, 5) is 29.2. The topological polar surface area (TPSA) is 77.5 Å². The molecule has 0 heterocycles. The number of carbonyl (C=O) groups is 2. The van der Waals surface area contributed by atoms with Gasteiger partial charge in [-0.3, -0.25) is 14.5 Å². The van der Waals surface area contributed by atoms with Gasteiger partial charge in [-0.05, 0) is 75.1 Å². The molecule has 0 unspecified atom stereocenters. The highest BCUT2D eigenvalue weighted by atomic mass is 35.5. The minimum absolute atomic E-state index is 0.164. The lowest BCUT2D eigenvalue weighted by molar-refractivity contribution is -0.106. The van der Waals surface area contributed by atoms with Crippen molar-refractivity contribution in [3.8, 4) is 18.1 Å². The zero-order valence-corrected chi connectivity index (χ0v) is 23.3. The lowest BCUT2D eigenvalue weighted by atomic mass is 10.1. The predicted molar refractivity (Wildman–Crippen MR) is 158 cm³/mol. The smallest absolute Gasteiger partial charge is 0.257 e. The van der Waals surface area contributed by atoms with Crippen molar-refractivity contribution in [2.45, 2.75) is 6.42 Å². The van der Waals surface area contributed by atoms with Gasteiger partial charge >= 0.3 is 0 Å². The highest BCUT2D eigenvalue weighted by Crippen LogP contribution is 2.39. The molecule has 0 fully saturated rings. The molecule has 0 saturated heterocycles. The number of anilines is 3. The van der Waals surface area contributed by atoms with E-state index < -0.39 is 5.91 Å². The van der Waals surface area contributed by atoms with Crippen molar-refractivity contribution in [2.24, 2.45) is 5.10 Å². The van der Waals surface area contributed by atoms with Crippen LogP contribution in [-0.2, 0) is 4.79 Å². The Labute approximate surface area is 234 Å². The largest absolute Gasteiger partial charge is 0.494 e. The van der Waals surface area contributed by atoms with Crippen LogP contribution in [0, 0.1) is 12.3 Å². The van der Waals surface area contributed by atoms with Crippen LogP contribution in [0.25, 0.3) is 0 Å². The maximum Gasteiger partial charge on any atom is 0.257 e. The molecule has 0 aliphatic carbocycles. The first kappa shape index (κ1) is 29.2. The normalized spacial score (nSPS) is 10.8. The molecule has 9 heteroatoms. The summed E-state index contributed by atoms with van der Waals surface area (Å²) in [6, 6.07) is 17.1. The number of halogens is 1. The number of nitrogens with zero attached hydrogens (tertiary/aromatic N) is 4. The SMILES string of the molecule is C#Cc1ccc(NC(=O)c2cc(Cl)cc(OC)c2N(C=O)c2ccc(C=NN(C)CCCN(C)C)cc2)cc1. The first-order valence-corrected chi connectivity index (χ1v) is 12.6. The van der Waals surface area contributed by atoms with Crippen molar-refractivity contribution >= 4 is 47.2 Å². The van der Waals surface area contributed by atoms with Gasteiger partial charge < -0.3 is 20.0 Å². The molecule has 8 nitrogen and oxygen atoms in total. The fourth-order valence-corrected chi connectivity index (χ4v) is 4.01. The summed E-state index contributed by atoms with van der Waals surface area (Å²) in [5, 5.41) is 9.48. The van der Waals surface area contributed by atoms with Crippen LogP contribution < -0.4 is 15.0 Å². The number of terminal acetylenes is 1. The molecule has 2 amide bonds. The quantitative estimate of drug-likeness (QED) is 0.148. The molecular weight excluding hydrogens is 514 g/mol. The molecule has 0 aliphatic heterocycles. The lowest BCUT2D eigenvalue weighted by Gasteiger charge is -2.23. The number of rotatable bonds is 12. The van der Waals surface area contributed by atoms with Gasteiger partial charge in [0.25, 0.3) is 5.91 Å². The number of amides is 2. The minimum Gasteiger partial charge on any atom is -0.494 e. The van der Waals surface area contributed by atoms with Gasteiger partial charge in [0, 0.05) is 41.6 Å². The van der Waals surface area contributed by atoms with Crippen LogP contribution in [0.15, 0.2) is 65.8 Å². The summed E-state index contributed by atoms with van der Waals surface area (Å²) in [5.41, 5.74) is 3.05. The Morgan fingerprint density at radius 2 is 1.77 bits per heavy atom. The molecule has 3 aromatic carbocycles. The molecule has 0 spiro atoms. The molecule has 202 valence electrons. The molecule has 0 aliphatic rings. The third-order valence-electron chi connectivity index (χ3n) is 5.82. The van der Waals surface area contributed by atoms with E-state index in [2.05, 4.69) is 21.2 Å². The number of carbonyl (C=O) groups excluding carboxylic acids is 2. The van der Waals surface area contributed by atoms with Gasteiger partial charge in [0.05, 0.1) is 18.9 Å². The molecule has 0 radical (unpaired) electrons. The number of hydrazone groups is 1.